The molecule has 2 unspecified atom stereocenters. The number of hydrogen-bond donors (Lipinski definition) is 1. The molecular formula is C14H25ClN4S. The Morgan fingerprint density at radius 1 is 1.50 bits per heavy atom. The van der Waals surface area contributed by atoms with Crippen LogP contribution in [-0.4, -0.2) is 52.4 Å². The molecule has 1 N–H and O–H groups in total. The molecule has 2 fully saturated rings. The molecule has 2 aliphatic rings. The van der Waals surface area contributed by atoms with Gasteiger partial charge in [0.25, 0.3) is 0 Å². The zero-order valence-corrected chi connectivity index (χ0v) is 13.8. The minimum atomic E-state index is 0. The van der Waals surface area contributed by atoms with Gasteiger partial charge in [0.15, 0.2) is 0 Å². The number of rotatable bonds is 3. The van der Waals surface area contributed by atoms with E-state index in [2.05, 4.69) is 33.3 Å². The summed E-state index contributed by atoms with van der Waals surface area (Å²) in [6.45, 7) is 4.87. The van der Waals surface area contributed by atoms with Crippen molar-refractivity contribution >= 4 is 24.2 Å². The van der Waals surface area contributed by atoms with Crippen molar-refractivity contribution in [1.29, 1.82) is 0 Å². The summed E-state index contributed by atoms with van der Waals surface area (Å²) in [7, 11) is 2.01. The third kappa shape index (κ3) is 3.91. The first-order valence-corrected chi connectivity index (χ1v) is 8.49. The first-order valence-electron chi connectivity index (χ1n) is 7.34. The van der Waals surface area contributed by atoms with Crippen LogP contribution in [0.2, 0.25) is 0 Å². The second-order valence-corrected chi connectivity index (χ2v) is 6.90. The van der Waals surface area contributed by atoms with Crippen LogP contribution in [0.5, 0.6) is 0 Å². The van der Waals surface area contributed by atoms with E-state index in [0.29, 0.717) is 6.04 Å². The number of nitrogens with zero attached hydrogens (tertiary/aromatic N) is 3. The number of nitrogens with one attached hydrogen (secondary N) is 1. The van der Waals surface area contributed by atoms with Crippen molar-refractivity contribution in [3.05, 3.63) is 18.0 Å². The smallest absolute Gasteiger partial charge is 0.0537 e. The molecule has 2 atom stereocenters. The van der Waals surface area contributed by atoms with Gasteiger partial charge in [-0.25, -0.2) is 0 Å². The van der Waals surface area contributed by atoms with Gasteiger partial charge < -0.3 is 5.32 Å². The summed E-state index contributed by atoms with van der Waals surface area (Å²) in [4.78, 5) is 2.69. The molecular weight excluding hydrogens is 292 g/mol. The van der Waals surface area contributed by atoms with Gasteiger partial charge in [-0.15, -0.1) is 12.4 Å². The Hall–Kier alpha value is -0.230. The molecule has 6 heteroatoms. The number of piperidine rings is 1. The lowest BCUT2D eigenvalue weighted by Gasteiger charge is -2.38. The van der Waals surface area contributed by atoms with Crippen LogP contribution in [0.4, 0.5) is 0 Å². The molecule has 20 heavy (non-hydrogen) atoms. The van der Waals surface area contributed by atoms with E-state index < -0.39 is 0 Å². The molecule has 4 nitrogen and oxygen atoms in total. The highest BCUT2D eigenvalue weighted by Crippen LogP contribution is 2.30. The van der Waals surface area contributed by atoms with Crippen molar-refractivity contribution in [2.45, 2.75) is 18.9 Å². The summed E-state index contributed by atoms with van der Waals surface area (Å²) in [6, 6.07) is 0.564. The normalized spacial score (nSPS) is 28.1. The van der Waals surface area contributed by atoms with Gasteiger partial charge in [0, 0.05) is 49.4 Å². The summed E-state index contributed by atoms with van der Waals surface area (Å²) in [5.74, 6) is 3.32. The molecule has 0 bridgehead atoms. The number of thioether (sulfide) groups is 1. The fourth-order valence-electron chi connectivity index (χ4n) is 3.19. The zero-order valence-electron chi connectivity index (χ0n) is 12.1. The quantitative estimate of drug-likeness (QED) is 0.924. The first kappa shape index (κ1) is 16.1. The van der Waals surface area contributed by atoms with Gasteiger partial charge in [0.1, 0.15) is 0 Å². The van der Waals surface area contributed by atoms with Crippen molar-refractivity contribution < 1.29 is 0 Å². The van der Waals surface area contributed by atoms with Crippen LogP contribution in [0.15, 0.2) is 12.4 Å². The average Bonchev–Trinajstić information content (AvgIpc) is 2.87. The standard InChI is InChI=1S/C14H24N4S.ClH/c1-17-10-13(8-16-17)14-11-19-6-5-18(14)9-12-3-2-4-15-7-12;/h8,10,12,14-15H,2-7,9,11H2,1H3;1H. The molecule has 0 spiro atoms. The average molecular weight is 317 g/mol. The summed E-state index contributed by atoms with van der Waals surface area (Å²) < 4.78 is 1.93. The Bertz CT molecular complexity index is 406. The molecule has 0 radical (unpaired) electrons. The number of aryl methyl sites for hydroxylation is 1. The Balaban J connectivity index is 0.00000147. The number of aromatic nitrogens is 2. The van der Waals surface area contributed by atoms with Crippen molar-refractivity contribution in [3.8, 4) is 0 Å². The lowest BCUT2D eigenvalue weighted by molar-refractivity contribution is 0.170. The third-order valence-corrected chi connectivity index (χ3v) is 5.26. The van der Waals surface area contributed by atoms with Crippen LogP contribution in [-0.2, 0) is 7.05 Å². The fraction of sp³-hybridized carbons (Fsp3) is 0.786. The molecule has 0 aliphatic carbocycles. The van der Waals surface area contributed by atoms with Crippen LogP contribution in [0.1, 0.15) is 24.4 Å². The second-order valence-electron chi connectivity index (χ2n) is 5.75. The van der Waals surface area contributed by atoms with E-state index in [9.17, 15) is 0 Å². The van der Waals surface area contributed by atoms with Crippen LogP contribution < -0.4 is 5.32 Å². The van der Waals surface area contributed by atoms with Gasteiger partial charge in [-0.2, -0.15) is 16.9 Å². The van der Waals surface area contributed by atoms with Gasteiger partial charge >= 0.3 is 0 Å². The lowest BCUT2D eigenvalue weighted by Crippen LogP contribution is -2.43. The number of hydrogen-bond acceptors (Lipinski definition) is 4. The van der Waals surface area contributed by atoms with E-state index in [0.717, 1.165) is 5.92 Å². The predicted molar refractivity (Wildman–Crippen MR) is 87.7 cm³/mol. The largest absolute Gasteiger partial charge is 0.316 e. The van der Waals surface area contributed by atoms with Crippen molar-refractivity contribution in [3.63, 3.8) is 0 Å². The molecule has 2 saturated heterocycles. The van der Waals surface area contributed by atoms with Crippen molar-refractivity contribution in [2.75, 3.05) is 37.7 Å². The van der Waals surface area contributed by atoms with E-state index in [1.54, 1.807) is 0 Å². The van der Waals surface area contributed by atoms with Crippen LogP contribution in [0, 0.1) is 5.92 Å². The Kier molecular flexibility index (Phi) is 6.20. The molecule has 1 aromatic heterocycles. The molecule has 0 amide bonds. The van der Waals surface area contributed by atoms with Crippen LogP contribution in [0.25, 0.3) is 0 Å². The lowest BCUT2D eigenvalue weighted by atomic mass is 9.98. The van der Waals surface area contributed by atoms with Crippen molar-refractivity contribution in [2.24, 2.45) is 13.0 Å². The molecule has 1 aromatic rings. The van der Waals surface area contributed by atoms with E-state index >= 15 is 0 Å². The van der Waals surface area contributed by atoms with Crippen LogP contribution in [0.3, 0.4) is 0 Å². The maximum absolute atomic E-state index is 4.34. The highest BCUT2D eigenvalue weighted by atomic mass is 35.5. The first-order chi connectivity index (χ1) is 9.33. The predicted octanol–water partition coefficient (Wildman–Crippen LogP) is 1.93. The second kappa shape index (κ2) is 7.69. The summed E-state index contributed by atoms with van der Waals surface area (Å²) >= 11 is 2.08. The summed E-state index contributed by atoms with van der Waals surface area (Å²) in [5.41, 5.74) is 1.39. The van der Waals surface area contributed by atoms with Gasteiger partial charge in [-0.3, -0.25) is 9.58 Å². The minimum absolute atomic E-state index is 0. The fourth-order valence-corrected chi connectivity index (χ4v) is 4.34. The number of halogens is 1. The van der Waals surface area contributed by atoms with Gasteiger partial charge in [0.2, 0.25) is 0 Å². The highest BCUT2D eigenvalue weighted by Gasteiger charge is 2.27. The van der Waals surface area contributed by atoms with Gasteiger partial charge in [-0.1, -0.05) is 0 Å². The van der Waals surface area contributed by atoms with E-state index in [1.165, 1.54) is 56.1 Å². The minimum Gasteiger partial charge on any atom is -0.316 e. The van der Waals surface area contributed by atoms with Gasteiger partial charge in [-0.05, 0) is 31.8 Å². The monoisotopic (exact) mass is 316 g/mol. The van der Waals surface area contributed by atoms with E-state index in [1.807, 2.05) is 17.9 Å². The topological polar surface area (TPSA) is 33.1 Å². The maximum atomic E-state index is 4.34. The van der Waals surface area contributed by atoms with Crippen molar-refractivity contribution in [1.82, 2.24) is 20.0 Å². The highest BCUT2D eigenvalue weighted by molar-refractivity contribution is 7.99. The molecule has 3 heterocycles. The molecule has 0 saturated carbocycles. The zero-order chi connectivity index (χ0) is 13.1. The Morgan fingerprint density at radius 3 is 3.10 bits per heavy atom. The molecule has 3 rings (SSSR count). The Labute approximate surface area is 132 Å². The molecule has 2 aliphatic heterocycles. The summed E-state index contributed by atoms with van der Waals surface area (Å²) in [6.07, 6.45) is 6.95. The van der Waals surface area contributed by atoms with Crippen LogP contribution >= 0.6 is 24.2 Å². The third-order valence-electron chi connectivity index (χ3n) is 4.24. The summed E-state index contributed by atoms with van der Waals surface area (Å²) in [5, 5.41) is 7.88. The molecule has 0 aromatic carbocycles. The SMILES string of the molecule is Cl.Cn1cc(C2CSCCN2CC2CCCNC2)cn1. The van der Waals surface area contributed by atoms with E-state index in [-0.39, 0.29) is 12.4 Å². The van der Waals surface area contributed by atoms with Gasteiger partial charge in [0.05, 0.1) is 6.20 Å². The molecule has 114 valence electrons. The maximum Gasteiger partial charge on any atom is 0.0537 e. The van der Waals surface area contributed by atoms with E-state index in [4.69, 9.17) is 0 Å². The Morgan fingerprint density at radius 2 is 2.40 bits per heavy atom.